The minimum atomic E-state index is -1.56. The molecule has 0 saturated carbocycles. The zero-order chi connectivity index (χ0) is 22.6. The van der Waals surface area contributed by atoms with Gasteiger partial charge in [0.1, 0.15) is 18.1 Å². The molecule has 0 aromatic heterocycles. The number of nitrogens with two attached hydrogens (primary N) is 1. The first-order valence-corrected chi connectivity index (χ1v) is 8.38. The summed E-state index contributed by atoms with van der Waals surface area (Å²) >= 11 is 0. The fourth-order valence-corrected chi connectivity index (χ4v) is 1.96. The lowest BCUT2D eigenvalue weighted by atomic mass is 10.1. The number of amides is 3. The predicted molar refractivity (Wildman–Crippen MR) is 93.3 cm³/mol. The number of aliphatic carboxylic acids is 3. The van der Waals surface area contributed by atoms with Crippen LogP contribution in [0.3, 0.4) is 0 Å². The highest BCUT2D eigenvalue weighted by molar-refractivity contribution is 5.92. The monoisotopic (exact) mass is 420 g/mol. The van der Waals surface area contributed by atoms with Gasteiger partial charge in [-0.1, -0.05) is 0 Å². The molecule has 14 nitrogen and oxygen atoms in total. The zero-order valence-corrected chi connectivity index (χ0v) is 15.3. The predicted octanol–water partition coefficient (Wildman–Crippen LogP) is -3.79. The summed E-state index contributed by atoms with van der Waals surface area (Å²) in [5.41, 5.74) is 5.25. The second kappa shape index (κ2) is 13.0. The Morgan fingerprint density at radius 2 is 1.31 bits per heavy atom. The molecule has 3 atom stereocenters. The van der Waals surface area contributed by atoms with Crippen LogP contribution in [0.2, 0.25) is 0 Å². The van der Waals surface area contributed by atoms with E-state index in [1.165, 1.54) is 0 Å². The molecule has 0 saturated heterocycles. The van der Waals surface area contributed by atoms with E-state index in [1.54, 1.807) is 0 Å². The Labute approximate surface area is 164 Å². The van der Waals surface area contributed by atoms with Gasteiger partial charge in [-0.25, -0.2) is 4.79 Å². The first kappa shape index (κ1) is 25.7. The van der Waals surface area contributed by atoms with Gasteiger partial charge in [-0.3, -0.25) is 24.0 Å². The molecular formula is C15H24N4O10. The van der Waals surface area contributed by atoms with Crippen molar-refractivity contribution in [3.8, 4) is 0 Å². The maximum absolute atomic E-state index is 12.3. The largest absolute Gasteiger partial charge is 0.481 e. The van der Waals surface area contributed by atoms with Crippen LogP contribution in [-0.4, -0.2) is 87.3 Å². The molecule has 29 heavy (non-hydrogen) atoms. The molecule has 164 valence electrons. The number of nitrogens with one attached hydrogen (secondary N) is 3. The molecule has 14 heteroatoms. The van der Waals surface area contributed by atoms with E-state index in [0.29, 0.717) is 0 Å². The van der Waals surface area contributed by atoms with E-state index in [-0.39, 0.29) is 6.42 Å². The molecule has 0 aromatic rings. The third-order valence-corrected chi connectivity index (χ3v) is 3.52. The van der Waals surface area contributed by atoms with Crippen LogP contribution >= 0.6 is 0 Å². The lowest BCUT2D eigenvalue weighted by Crippen LogP contribution is -2.54. The molecule has 0 aliphatic carbocycles. The van der Waals surface area contributed by atoms with Crippen LogP contribution in [0.5, 0.6) is 0 Å². The summed E-state index contributed by atoms with van der Waals surface area (Å²) in [6.45, 7) is -1.30. The molecule has 0 aromatic carbocycles. The normalized spacial score (nSPS) is 13.4. The Morgan fingerprint density at radius 3 is 1.76 bits per heavy atom. The van der Waals surface area contributed by atoms with Crippen molar-refractivity contribution in [2.45, 2.75) is 43.8 Å². The Kier molecular flexibility index (Phi) is 11.5. The SMILES string of the molecule is NC(CO)C(=O)NCC(=O)NC(CCC(=O)O)C(=O)NC(CCC(=O)O)C(=O)O. The van der Waals surface area contributed by atoms with Gasteiger partial charge in [0.15, 0.2) is 0 Å². The van der Waals surface area contributed by atoms with Gasteiger partial charge in [-0.15, -0.1) is 0 Å². The van der Waals surface area contributed by atoms with Gasteiger partial charge in [-0.2, -0.15) is 0 Å². The van der Waals surface area contributed by atoms with E-state index in [4.69, 9.17) is 26.2 Å². The van der Waals surface area contributed by atoms with Crippen molar-refractivity contribution in [3.63, 3.8) is 0 Å². The summed E-state index contributed by atoms with van der Waals surface area (Å²) in [7, 11) is 0. The number of aliphatic hydroxyl groups is 1. The van der Waals surface area contributed by atoms with E-state index in [0.717, 1.165) is 0 Å². The summed E-state index contributed by atoms with van der Waals surface area (Å²) in [6.07, 6.45) is -1.89. The van der Waals surface area contributed by atoms with Crippen LogP contribution < -0.4 is 21.7 Å². The molecule has 0 aliphatic heterocycles. The summed E-state index contributed by atoms with van der Waals surface area (Å²) in [4.78, 5) is 68.1. The minimum Gasteiger partial charge on any atom is -0.481 e. The van der Waals surface area contributed by atoms with Gasteiger partial charge in [0.05, 0.1) is 13.2 Å². The van der Waals surface area contributed by atoms with Gasteiger partial charge in [0, 0.05) is 12.8 Å². The van der Waals surface area contributed by atoms with Crippen LogP contribution in [0.15, 0.2) is 0 Å². The van der Waals surface area contributed by atoms with E-state index >= 15 is 0 Å². The van der Waals surface area contributed by atoms with Crippen molar-refractivity contribution in [2.24, 2.45) is 5.73 Å². The maximum Gasteiger partial charge on any atom is 0.326 e. The van der Waals surface area contributed by atoms with E-state index in [9.17, 15) is 28.8 Å². The van der Waals surface area contributed by atoms with Crippen molar-refractivity contribution in [2.75, 3.05) is 13.2 Å². The summed E-state index contributed by atoms with van der Waals surface area (Å²) in [5.74, 6) is -6.83. The smallest absolute Gasteiger partial charge is 0.326 e. The van der Waals surface area contributed by atoms with Crippen molar-refractivity contribution < 1.29 is 49.2 Å². The van der Waals surface area contributed by atoms with E-state index in [2.05, 4.69) is 10.6 Å². The van der Waals surface area contributed by atoms with Gasteiger partial charge >= 0.3 is 17.9 Å². The standard InChI is InChI=1S/C15H24N4O10/c16-7(6-20)13(26)17-5-10(21)18-8(1-3-11(22)23)14(27)19-9(15(28)29)2-4-12(24)25/h7-9,20H,1-6,16H2,(H,17,26)(H,18,21)(H,19,27)(H,22,23)(H,24,25)(H,28,29). The summed E-state index contributed by atoms with van der Waals surface area (Å²) in [5, 5.41) is 41.5. The molecule has 0 aliphatic rings. The Balaban J connectivity index is 4.99. The first-order valence-electron chi connectivity index (χ1n) is 8.38. The molecule has 0 rings (SSSR count). The second-order valence-corrected chi connectivity index (χ2v) is 5.89. The van der Waals surface area contributed by atoms with Crippen molar-refractivity contribution >= 4 is 35.6 Å². The summed E-state index contributed by atoms with van der Waals surface area (Å²) < 4.78 is 0. The number of rotatable bonds is 14. The highest BCUT2D eigenvalue weighted by atomic mass is 16.4. The highest BCUT2D eigenvalue weighted by Gasteiger charge is 2.27. The molecule has 9 N–H and O–H groups in total. The number of carboxylic acid groups (broad SMARTS) is 3. The van der Waals surface area contributed by atoms with Crippen LogP contribution in [0.4, 0.5) is 0 Å². The molecule has 0 bridgehead atoms. The molecule has 0 fully saturated rings. The number of hydrogen-bond donors (Lipinski definition) is 8. The van der Waals surface area contributed by atoms with Gasteiger partial charge < -0.3 is 42.1 Å². The topological polar surface area (TPSA) is 245 Å². The Bertz CT molecular complexity index is 639. The maximum atomic E-state index is 12.3. The number of carbonyl (C=O) groups excluding carboxylic acids is 3. The lowest BCUT2D eigenvalue weighted by molar-refractivity contribution is -0.144. The zero-order valence-electron chi connectivity index (χ0n) is 15.3. The van der Waals surface area contributed by atoms with Crippen molar-refractivity contribution in [1.29, 1.82) is 0 Å². The fourth-order valence-electron chi connectivity index (χ4n) is 1.96. The third-order valence-electron chi connectivity index (χ3n) is 3.52. The van der Waals surface area contributed by atoms with Crippen LogP contribution in [0.1, 0.15) is 25.7 Å². The average Bonchev–Trinajstić information content (AvgIpc) is 2.64. The van der Waals surface area contributed by atoms with Crippen molar-refractivity contribution in [1.82, 2.24) is 16.0 Å². The van der Waals surface area contributed by atoms with E-state index in [1.807, 2.05) is 5.32 Å². The number of hydrogen-bond acceptors (Lipinski definition) is 8. The number of aliphatic hydroxyl groups excluding tert-OH is 1. The molecule has 0 spiro atoms. The van der Waals surface area contributed by atoms with E-state index < -0.39 is 86.2 Å². The highest BCUT2D eigenvalue weighted by Crippen LogP contribution is 2.03. The molecule has 0 heterocycles. The summed E-state index contributed by atoms with van der Waals surface area (Å²) in [6, 6.07) is -4.28. The minimum absolute atomic E-state index is 0.387. The van der Waals surface area contributed by atoms with Crippen LogP contribution in [0.25, 0.3) is 0 Å². The Morgan fingerprint density at radius 1 is 0.793 bits per heavy atom. The molecule has 3 amide bonds. The van der Waals surface area contributed by atoms with Crippen LogP contribution in [0, 0.1) is 0 Å². The Hall–Kier alpha value is -3.26. The molecular weight excluding hydrogens is 396 g/mol. The molecule has 3 unspecified atom stereocenters. The average molecular weight is 420 g/mol. The lowest BCUT2D eigenvalue weighted by Gasteiger charge is -2.21. The van der Waals surface area contributed by atoms with Crippen LogP contribution in [-0.2, 0) is 28.8 Å². The number of carboxylic acids is 3. The van der Waals surface area contributed by atoms with Gasteiger partial charge in [0.25, 0.3) is 0 Å². The molecule has 0 radical (unpaired) electrons. The third kappa shape index (κ3) is 11.2. The van der Waals surface area contributed by atoms with Gasteiger partial charge in [-0.05, 0) is 12.8 Å². The first-order chi connectivity index (χ1) is 13.5. The van der Waals surface area contributed by atoms with Gasteiger partial charge in [0.2, 0.25) is 17.7 Å². The number of carbonyl (C=O) groups is 6. The second-order valence-electron chi connectivity index (χ2n) is 5.89. The van der Waals surface area contributed by atoms with Crippen molar-refractivity contribution in [3.05, 3.63) is 0 Å². The quantitative estimate of drug-likeness (QED) is 0.135. The fraction of sp³-hybridized carbons (Fsp3) is 0.600.